The third-order valence-corrected chi connectivity index (χ3v) is 5.62. The third-order valence-electron chi connectivity index (χ3n) is 5.62. The summed E-state index contributed by atoms with van der Waals surface area (Å²) < 4.78 is 13.0. The maximum Gasteiger partial charge on any atom is 0.194 e. The fourth-order valence-corrected chi connectivity index (χ4v) is 3.90. The maximum atomic E-state index is 5.98. The molecular formula is C20H37IN6O2. The second kappa shape index (κ2) is 12.7. The summed E-state index contributed by atoms with van der Waals surface area (Å²) in [5.41, 5.74) is 1.13. The van der Waals surface area contributed by atoms with E-state index in [9.17, 15) is 0 Å². The molecule has 9 heteroatoms. The molecule has 166 valence electrons. The number of aromatic nitrogens is 2. The summed E-state index contributed by atoms with van der Waals surface area (Å²) >= 11 is 0. The fraction of sp³-hybridized carbons (Fsp3) is 0.800. The minimum Gasteiger partial charge on any atom is -0.383 e. The molecule has 2 saturated heterocycles. The maximum absolute atomic E-state index is 5.98. The van der Waals surface area contributed by atoms with Crippen molar-refractivity contribution in [2.24, 2.45) is 18.0 Å². The minimum atomic E-state index is 0. The van der Waals surface area contributed by atoms with Gasteiger partial charge in [0.25, 0.3) is 0 Å². The summed E-state index contributed by atoms with van der Waals surface area (Å²) in [4.78, 5) is 9.82. The average molecular weight is 520 g/mol. The molecule has 1 unspecified atom stereocenters. The van der Waals surface area contributed by atoms with Gasteiger partial charge >= 0.3 is 0 Å². The molecule has 3 rings (SSSR count). The molecule has 0 aromatic carbocycles. The summed E-state index contributed by atoms with van der Waals surface area (Å²) in [6, 6.07) is 0. The Labute approximate surface area is 192 Å². The van der Waals surface area contributed by atoms with Crippen molar-refractivity contribution < 1.29 is 9.47 Å². The quantitative estimate of drug-likeness (QED) is 0.336. The van der Waals surface area contributed by atoms with Crippen LogP contribution in [-0.4, -0.2) is 91.7 Å². The van der Waals surface area contributed by atoms with Crippen molar-refractivity contribution in [1.29, 1.82) is 0 Å². The van der Waals surface area contributed by atoms with Crippen molar-refractivity contribution >= 4 is 29.9 Å². The van der Waals surface area contributed by atoms with Crippen molar-refractivity contribution in [3.05, 3.63) is 18.0 Å². The Bertz CT molecular complexity index is 618. The first-order valence-electron chi connectivity index (χ1n) is 10.5. The van der Waals surface area contributed by atoms with Crippen LogP contribution in [0.5, 0.6) is 0 Å². The molecule has 0 bridgehead atoms. The van der Waals surface area contributed by atoms with Gasteiger partial charge in [0.2, 0.25) is 0 Å². The van der Waals surface area contributed by atoms with E-state index < -0.39 is 0 Å². The second-order valence-corrected chi connectivity index (χ2v) is 7.73. The number of methoxy groups -OCH3 is 1. The van der Waals surface area contributed by atoms with Gasteiger partial charge in [0.15, 0.2) is 5.96 Å². The number of aryl methyl sites for hydroxylation is 1. The molecule has 0 amide bonds. The second-order valence-electron chi connectivity index (χ2n) is 7.73. The number of morpholine rings is 1. The van der Waals surface area contributed by atoms with Gasteiger partial charge in [-0.25, -0.2) is 0 Å². The summed E-state index contributed by atoms with van der Waals surface area (Å²) in [6.07, 6.45) is 6.42. The van der Waals surface area contributed by atoms with Crippen LogP contribution in [0.1, 0.15) is 31.4 Å². The normalized spacial score (nSPS) is 21.8. The lowest BCUT2D eigenvalue weighted by molar-refractivity contribution is -0.00808. The zero-order chi connectivity index (χ0) is 19.8. The molecule has 29 heavy (non-hydrogen) atoms. The zero-order valence-electron chi connectivity index (χ0n) is 18.0. The first kappa shape index (κ1) is 24.4. The van der Waals surface area contributed by atoms with Gasteiger partial charge in [-0.2, -0.15) is 5.10 Å². The fourth-order valence-electron chi connectivity index (χ4n) is 3.90. The van der Waals surface area contributed by atoms with Gasteiger partial charge in [-0.1, -0.05) is 0 Å². The molecule has 2 aliphatic heterocycles. The zero-order valence-corrected chi connectivity index (χ0v) is 20.4. The van der Waals surface area contributed by atoms with Crippen LogP contribution < -0.4 is 5.32 Å². The molecule has 1 aromatic rings. The number of rotatable bonds is 7. The Morgan fingerprint density at radius 3 is 2.79 bits per heavy atom. The lowest BCUT2D eigenvalue weighted by Gasteiger charge is -2.35. The van der Waals surface area contributed by atoms with Crippen LogP contribution in [0.3, 0.4) is 0 Å². The standard InChI is InChI=1S/C20H36N6O2.HI/c1-4-21-20(22-13-17-5-7-25(8-6-17)9-11-27-3)26-10-12-28-19(16-26)18-14-23-24(2)15-18;/h14-15,17,19H,4-13,16H2,1-3H3,(H,21,22);1H. The van der Waals surface area contributed by atoms with E-state index in [1.165, 1.54) is 12.8 Å². The van der Waals surface area contributed by atoms with Crippen molar-refractivity contribution in [2.75, 3.05) is 66.1 Å². The van der Waals surface area contributed by atoms with E-state index in [0.29, 0.717) is 12.5 Å². The van der Waals surface area contributed by atoms with E-state index in [1.807, 2.05) is 24.1 Å². The molecule has 2 fully saturated rings. The Kier molecular flexibility index (Phi) is 10.7. The number of halogens is 1. The average Bonchev–Trinajstić information content (AvgIpc) is 3.17. The predicted molar refractivity (Wildman–Crippen MR) is 126 cm³/mol. The molecule has 1 atom stereocenters. The Hall–Kier alpha value is -0.910. The van der Waals surface area contributed by atoms with Crippen molar-refractivity contribution in [3.63, 3.8) is 0 Å². The van der Waals surface area contributed by atoms with Crippen molar-refractivity contribution in [2.45, 2.75) is 25.9 Å². The van der Waals surface area contributed by atoms with Gasteiger partial charge < -0.3 is 24.6 Å². The monoisotopic (exact) mass is 520 g/mol. The SMILES string of the molecule is CCNC(=NCC1CCN(CCOC)CC1)N1CCOC(c2cnn(C)c2)C1.I. The molecule has 0 aliphatic carbocycles. The highest BCUT2D eigenvalue weighted by Gasteiger charge is 2.26. The highest BCUT2D eigenvalue weighted by Crippen LogP contribution is 2.22. The molecule has 0 radical (unpaired) electrons. The molecule has 2 aliphatic rings. The molecular weight excluding hydrogens is 483 g/mol. The Morgan fingerprint density at radius 2 is 2.14 bits per heavy atom. The van der Waals surface area contributed by atoms with Gasteiger partial charge in [0.1, 0.15) is 6.10 Å². The van der Waals surface area contributed by atoms with E-state index in [-0.39, 0.29) is 30.1 Å². The van der Waals surface area contributed by atoms with Crippen LogP contribution in [0, 0.1) is 5.92 Å². The number of hydrogen-bond acceptors (Lipinski definition) is 5. The van der Waals surface area contributed by atoms with Gasteiger partial charge in [-0.3, -0.25) is 9.67 Å². The van der Waals surface area contributed by atoms with E-state index in [4.69, 9.17) is 14.5 Å². The van der Waals surface area contributed by atoms with Crippen LogP contribution in [-0.2, 0) is 16.5 Å². The number of likely N-dealkylation sites (tertiary alicyclic amines) is 1. The molecule has 0 saturated carbocycles. The first-order valence-corrected chi connectivity index (χ1v) is 10.5. The van der Waals surface area contributed by atoms with E-state index in [1.54, 1.807) is 7.11 Å². The molecule has 3 heterocycles. The highest BCUT2D eigenvalue weighted by atomic mass is 127. The van der Waals surface area contributed by atoms with E-state index in [2.05, 4.69) is 27.1 Å². The third kappa shape index (κ3) is 7.37. The largest absolute Gasteiger partial charge is 0.383 e. The van der Waals surface area contributed by atoms with Crippen LogP contribution in [0.25, 0.3) is 0 Å². The Morgan fingerprint density at radius 1 is 1.34 bits per heavy atom. The van der Waals surface area contributed by atoms with Gasteiger partial charge in [-0.15, -0.1) is 24.0 Å². The van der Waals surface area contributed by atoms with Crippen LogP contribution in [0.15, 0.2) is 17.4 Å². The Balaban J connectivity index is 0.00000300. The number of piperidine rings is 1. The van der Waals surface area contributed by atoms with Crippen LogP contribution in [0.2, 0.25) is 0 Å². The molecule has 0 spiro atoms. The van der Waals surface area contributed by atoms with Gasteiger partial charge in [0, 0.05) is 52.1 Å². The number of aliphatic imine (C=N–C) groups is 1. The molecule has 8 nitrogen and oxygen atoms in total. The summed E-state index contributed by atoms with van der Waals surface area (Å²) in [7, 11) is 3.71. The first-order chi connectivity index (χ1) is 13.7. The number of hydrogen-bond donors (Lipinski definition) is 1. The van der Waals surface area contributed by atoms with Gasteiger partial charge in [-0.05, 0) is 38.8 Å². The topological polar surface area (TPSA) is 67.2 Å². The molecule has 1 aromatic heterocycles. The van der Waals surface area contributed by atoms with E-state index in [0.717, 1.165) is 63.9 Å². The van der Waals surface area contributed by atoms with Crippen LogP contribution >= 0.6 is 24.0 Å². The lowest BCUT2D eigenvalue weighted by atomic mass is 9.97. The van der Waals surface area contributed by atoms with Crippen LogP contribution in [0.4, 0.5) is 0 Å². The smallest absolute Gasteiger partial charge is 0.194 e. The number of guanidine groups is 1. The highest BCUT2D eigenvalue weighted by molar-refractivity contribution is 14.0. The van der Waals surface area contributed by atoms with Crippen molar-refractivity contribution in [1.82, 2.24) is 24.9 Å². The summed E-state index contributed by atoms with van der Waals surface area (Å²) in [6.45, 7) is 10.5. The summed E-state index contributed by atoms with van der Waals surface area (Å²) in [5.74, 6) is 1.68. The van der Waals surface area contributed by atoms with Gasteiger partial charge in [0.05, 0.1) is 26.0 Å². The van der Waals surface area contributed by atoms with E-state index >= 15 is 0 Å². The number of ether oxygens (including phenoxy) is 2. The minimum absolute atomic E-state index is 0. The number of nitrogens with one attached hydrogen (secondary N) is 1. The molecule has 1 N–H and O–H groups in total. The summed E-state index contributed by atoms with van der Waals surface area (Å²) in [5, 5.41) is 7.76. The predicted octanol–water partition coefficient (Wildman–Crippen LogP) is 1.74. The lowest BCUT2D eigenvalue weighted by Crippen LogP contribution is -2.48. The number of nitrogens with zero attached hydrogens (tertiary/aromatic N) is 5. The van der Waals surface area contributed by atoms with Crippen molar-refractivity contribution in [3.8, 4) is 0 Å².